The largest absolute Gasteiger partial charge is 0.394 e. The van der Waals surface area contributed by atoms with E-state index in [9.17, 15) is 20.4 Å². The lowest BCUT2D eigenvalue weighted by Crippen LogP contribution is -2.59. The molecule has 0 radical (unpaired) electrons. The van der Waals surface area contributed by atoms with E-state index in [2.05, 4.69) is 33.8 Å². The third-order valence-electron chi connectivity index (χ3n) is 5.49. The second kappa shape index (κ2) is 13.7. The fourth-order valence-corrected chi connectivity index (χ4v) is 3.54. The SMILES string of the molecule is CC(=CCCOC1O[C@H](CO)[C@H](O)[C@H](O)[C@H]1O)CCCC(C)CCCC(C)C. The first-order valence-electron chi connectivity index (χ1n) is 10.8. The van der Waals surface area contributed by atoms with Gasteiger partial charge in [0.15, 0.2) is 6.29 Å². The van der Waals surface area contributed by atoms with Crippen molar-refractivity contribution in [1.29, 1.82) is 0 Å². The van der Waals surface area contributed by atoms with Gasteiger partial charge < -0.3 is 29.9 Å². The van der Waals surface area contributed by atoms with Crippen LogP contribution >= 0.6 is 0 Å². The van der Waals surface area contributed by atoms with Crippen LogP contribution in [0, 0.1) is 11.8 Å². The first-order valence-corrected chi connectivity index (χ1v) is 10.8. The van der Waals surface area contributed by atoms with Gasteiger partial charge in [0.1, 0.15) is 24.4 Å². The standard InChI is InChI=1S/C22H42O6/c1-15(2)8-5-9-16(3)10-6-11-17(4)12-7-13-27-22-21(26)20(25)19(24)18(14-23)28-22/h12,15-16,18-26H,5-11,13-14H2,1-4H3/t16?,18-,19+,20+,21-,22?/m1/s1. The molecule has 1 aliphatic rings. The molecule has 1 aliphatic heterocycles. The van der Waals surface area contributed by atoms with Gasteiger partial charge in [-0.25, -0.2) is 0 Å². The summed E-state index contributed by atoms with van der Waals surface area (Å²) in [7, 11) is 0. The number of hydrogen-bond donors (Lipinski definition) is 4. The lowest BCUT2D eigenvalue weighted by Gasteiger charge is -2.39. The van der Waals surface area contributed by atoms with Crippen LogP contribution in [0.3, 0.4) is 0 Å². The molecule has 6 atom stereocenters. The van der Waals surface area contributed by atoms with Crippen LogP contribution < -0.4 is 0 Å². The Morgan fingerprint density at radius 2 is 1.68 bits per heavy atom. The average Bonchev–Trinajstić information content (AvgIpc) is 2.64. The highest BCUT2D eigenvalue weighted by molar-refractivity contribution is 4.97. The summed E-state index contributed by atoms with van der Waals surface area (Å²) < 4.78 is 10.8. The molecule has 0 saturated carbocycles. The van der Waals surface area contributed by atoms with E-state index in [0.29, 0.717) is 13.0 Å². The van der Waals surface area contributed by atoms with Crippen molar-refractivity contribution in [1.82, 2.24) is 0 Å². The lowest BCUT2D eigenvalue weighted by atomic mass is 9.94. The van der Waals surface area contributed by atoms with Gasteiger partial charge in [-0.05, 0) is 38.0 Å². The quantitative estimate of drug-likeness (QED) is 0.279. The van der Waals surface area contributed by atoms with E-state index in [1.165, 1.54) is 37.7 Å². The minimum absolute atomic E-state index is 0.339. The van der Waals surface area contributed by atoms with Gasteiger partial charge in [-0.1, -0.05) is 58.1 Å². The highest BCUT2D eigenvalue weighted by Crippen LogP contribution is 2.22. The molecule has 0 aromatic rings. The van der Waals surface area contributed by atoms with E-state index >= 15 is 0 Å². The number of allylic oxidation sites excluding steroid dienone is 1. The second-order valence-corrected chi connectivity index (χ2v) is 8.73. The molecule has 1 heterocycles. The number of aliphatic hydroxyl groups is 4. The smallest absolute Gasteiger partial charge is 0.186 e. The molecule has 1 rings (SSSR count). The monoisotopic (exact) mass is 402 g/mol. The number of aliphatic hydroxyl groups excluding tert-OH is 4. The molecule has 0 aromatic heterocycles. The highest BCUT2D eigenvalue weighted by Gasteiger charge is 2.43. The molecular formula is C22H42O6. The third kappa shape index (κ3) is 9.33. The Balaban J connectivity index is 2.20. The molecule has 2 unspecified atom stereocenters. The van der Waals surface area contributed by atoms with Crippen molar-refractivity contribution in [3.63, 3.8) is 0 Å². The Bertz CT molecular complexity index is 437. The van der Waals surface area contributed by atoms with E-state index in [4.69, 9.17) is 9.47 Å². The normalized spacial score (nSPS) is 30.0. The van der Waals surface area contributed by atoms with Crippen molar-refractivity contribution in [3.05, 3.63) is 11.6 Å². The molecule has 0 bridgehead atoms. The van der Waals surface area contributed by atoms with E-state index < -0.39 is 37.3 Å². The molecule has 28 heavy (non-hydrogen) atoms. The maximum absolute atomic E-state index is 9.93. The zero-order valence-corrected chi connectivity index (χ0v) is 18.1. The molecule has 1 saturated heterocycles. The number of ether oxygens (including phenoxy) is 2. The van der Waals surface area contributed by atoms with Crippen LogP contribution in [-0.4, -0.2) is 64.3 Å². The lowest BCUT2D eigenvalue weighted by molar-refractivity contribution is -0.300. The van der Waals surface area contributed by atoms with E-state index in [-0.39, 0.29) is 0 Å². The molecule has 0 aliphatic carbocycles. The van der Waals surface area contributed by atoms with Crippen LogP contribution in [0.25, 0.3) is 0 Å². The van der Waals surface area contributed by atoms with E-state index in [1.807, 2.05) is 0 Å². The summed E-state index contributed by atoms with van der Waals surface area (Å²) in [6.45, 7) is 8.91. The maximum Gasteiger partial charge on any atom is 0.186 e. The van der Waals surface area contributed by atoms with Gasteiger partial charge in [-0.2, -0.15) is 0 Å². The minimum Gasteiger partial charge on any atom is -0.394 e. The fraction of sp³-hybridized carbons (Fsp3) is 0.909. The van der Waals surface area contributed by atoms with E-state index in [1.54, 1.807) is 0 Å². The Morgan fingerprint density at radius 3 is 2.32 bits per heavy atom. The first-order chi connectivity index (χ1) is 13.3. The van der Waals surface area contributed by atoms with Crippen LogP contribution in [-0.2, 0) is 9.47 Å². The molecule has 0 spiro atoms. The Kier molecular flexibility index (Phi) is 12.5. The molecular weight excluding hydrogens is 360 g/mol. The van der Waals surface area contributed by atoms with Crippen molar-refractivity contribution in [3.8, 4) is 0 Å². The summed E-state index contributed by atoms with van der Waals surface area (Å²) in [6, 6.07) is 0. The molecule has 166 valence electrons. The predicted octanol–water partition coefficient (Wildman–Crippen LogP) is 2.77. The van der Waals surface area contributed by atoms with Crippen LogP contribution in [0.2, 0.25) is 0 Å². The summed E-state index contributed by atoms with van der Waals surface area (Å²) in [5.41, 5.74) is 1.33. The maximum atomic E-state index is 9.93. The van der Waals surface area contributed by atoms with Gasteiger partial charge in [0.25, 0.3) is 0 Å². The van der Waals surface area contributed by atoms with Crippen LogP contribution in [0.1, 0.15) is 72.6 Å². The summed E-state index contributed by atoms with van der Waals surface area (Å²) >= 11 is 0. The molecule has 0 amide bonds. The summed E-state index contributed by atoms with van der Waals surface area (Å²) in [6.07, 6.45) is 4.25. The molecule has 0 aromatic carbocycles. The van der Waals surface area contributed by atoms with Gasteiger partial charge in [-0.15, -0.1) is 0 Å². The fourth-order valence-electron chi connectivity index (χ4n) is 3.54. The highest BCUT2D eigenvalue weighted by atomic mass is 16.7. The Labute approximate surface area is 170 Å². The number of rotatable bonds is 13. The van der Waals surface area contributed by atoms with Gasteiger partial charge >= 0.3 is 0 Å². The topological polar surface area (TPSA) is 99.4 Å². The Hall–Kier alpha value is -0.500. The summed E-state index contributed by atoms with van der Waals surface area (Å²) in [5.74, 6) is 1.57. The predicted molar refractivity (Wildman–Crippen MR) is 110 cm³/mol. The van der Waals surface area contributed by atoms with Crippen molar-refractivity contribution in [2.24, 2.45) is 11.8 Å². The zero-order valence-electron chi connectivity index (χ0n) is 18.1. The first kappa shape index (κ1) is 25.5. The van der Waals surface area contributed by atoms with Crippen molar-refractivity contribution in [2.75, 3.05) is 13.2 Å². The van der Waals surface area contributed by atoms with Gasteiger partial charge in [0.05, 0.1) is 13.2 Å². The van der Waals surface area contributed by atoms with E-state index in [0.717, 1.165) is 18.3 Å². The molecule has 4 N–H and O–H groups in total. The van der Waals surface area contributed by atoms with Crippen molar-refractivity contribution in [2.45, 2.75) is 103 Å². The van der Waals surface area contributed by atoms with Crippen molar-refractivity contribution >= 4 is 0 Å². The Morgan fingerprint density at radius 1 is 1.00 bits per heavy atom. The molecule has 1 fully saturated rings. The summed E-state index contributed by atoms with van der Waals surface area (Å²) in [4.78, 5) is 0. The van der Waals surface area contributed by atoms with Crippen LogP contribution in [0.5, 0.6) is 0 Å². The average molecular weight is 403 g/mol. The van der Waals surface area contributed by atoms with Gasteiger partial charge in [-0.3, -0.25) is 0 Å². The molecule has 6 nitrogen and oxygen atoms in total. The third-order valence-corrected chi connectivity index (χ3v) is 5.49. The van der Waals surface area contributed by atoms with Crippen LogP contribution in [0.15, 0.2) is 11.6 Å². The van der Waals surface area contributed by atoms with Gasteiger partial charge in [0, 0.05) is 0 Å². The summed E-state index contributed by atoms with van der Waals surface area (Å²) in [5, 5.41) is 38.6. The molecule has 6 heteroatoms. The van der Waals surface area contributed by atoms with Crippen LogP contribution in [0.4, 0.5) is 0 Å². The zero-order chi connectivity index (χ0) is 21.1. The van der Waals surface area contributed by atoms with Gasteiger partial charge in [0.2, 0.25) is 0 Å². The second-order valence-electron chi connectivity index (χ2n) is 8.73. The van der Waals surface area contributed by atoms with Crippen molar-refractivity contribution < 1.29 is 29.9 Å². The number of hydrogen-bond acceptors (Lipinski definition) is 6. The minimum atomic E-state index is -1.39.